The molecule has 1 aromatic rings. The highest BCUT2D eigenvalue weighted by Gasteiger charge is 2.11. The van der Waals surface area contributed by atoms with Crippen molar-refractivity contribution in [2.45, 2.75) is 13.3 Å². The molecule has 0 fully saturated rings. The highest BCUT2D eigenvalue weighted by Crippen LogP contribution is 2.10. The van der Waals surface area contributed by atoms with E-state index in [1.807, 2.05) is 0 Å². The molecule has 13 heavy (non-hydrogen) atoms. The van der Waals surface area contributed by atoms with Gasteiger partial charge in [-0.05, 0) is 24.1 Å². The van der Waals surface area contributed by atoms with Gasteiger partial charge in [0.15, 0.2) is 0 Å². The van der Waals surface area contributed by atoms with Crippen molar-refractivity contribution in [3.8, 4) is 0 Å². The minimum absolute atomic E-state index is 0.324. The molecule has 0 amide bonds. The van der Waals surface area contributed by atoms with Gasteiger partial charge in [-0.3, -0.25) is 4.79 Å². The van der Waals surface area contributed by atoms with E-state index in [0.29, 0.717) is 6.42 Å². The van der Waals surface area contributed by atoms with Crippen LogP contribution in [0.4, 0.5) is 4.39 Å². The van der Waals surface area contributed by atoms with Gasteiger partial charge in [0, 0.05) is 0 Å². The fourth-order valence-corrected chi connectivity index (χ4v) is 1.10. The van der Waals surface area contributed by atoms with Crippen molar-refractivity contribution in [3.63, 3.8) is 0 Å². The van der Waals surface area contributed by atoms with Crippen LogP contribution in [0, 0.1) is 11.7 Å². The minimum atomic E-state index is -0.857. The summed E-state index contributed by atoms with van der Waals surface area (Å²) in [5, 5.41) is 8.62. The normalized spacial score (nSPS) is 12.5. The Balaban J connectivity index is 2.69. The van der Waals surface area contributed by atoms with E-state index < -0.39 is 11.9 Å². The van der Waals surface area contributed by atoms with E-state index in [0.717, 1.165) is 5.56 Å². The van der Waals surface area contributed by atoms with Crippen molar-refractivity contribution < 1.29 is 14.3 Å². The second kappa shape index (κ2) is 4.03. The van der Waals surface area contributed by atoms with Crippen molar-refractivity contribution in [1.29, 1.82) is 0 Å². The molecule has 2 nitrogen and oxygen atoms in total. The summed E-state index contributed by atoms with van der Waals surface area (Å²) in [7, 11) is 0. The largest absolute Gasteiger partial charge is 0.481 e. The SMILES string of the molecule is C[C@H](Cc1cccc(F)c1)C(=O)O. The molecule has 3 heteroatoms. The first kappa shape index (κ1) is 9.71. The molecule has 0 aromatic heterocycles. The van der Waals surface area contributed by atoms with Gasteiger partial charge in [0.25, 0.3) is 0 Å². The Morgan fingerprint density at radius 1 is 1.62 bits per heavy atom. The molecule has 0 unspecified atom stereocenters. The predicted molar refractivity (Wildman–Crippen MR) is 46.9 cm³/mol. The summed E-state index contributed by atoms with van der Waals surface area (Å²) >= 11 is 0. The van der Waals surface area contributed by atoms with Crippen LogP contribution in [-0.4, -0.2) is 11.1 Å². The van der Waals surface area contributed by atoms with Crippen molar-refractivity contribution in [1.82, 2.24) is 0 Å². The average Bonchev–Trinajstić information content (AvgIpc) is 2.04. The summed E-state index contributed by atoms with van der Waals surface area (Å²) < 4.78 is 12.7. The van der Waals surface area contributed by atoms with Crippen LogP contribution < -0.4 is 0 Å². The minimum Gasteiger partial charge on any atom is -0.481 e. The van der Waals surface area contributed by atoms with Crippen LogP contribution in [-0.2, 0) is 11.2 Å². The number of carbonyl (C=O) groups is 1. The van der Waals surface area contributed by atoms with E-state index in [1.165, 1.54) is 12.1 Å². The number of aliphatic carboxylic acids is 1. The van der Waals surface area contributed by atoms with Gasteiger partial charge in [-0.25, -0.2) is 4.39 Å². The molecular weight excluding hydrogens is 171 g/mol. The summed E-state index contributed by atoms with van der Waals surface area (Å²) in [6.45, 7) is 1.60. The molecule has 1 aromatic carbocycles. The highest BCUT2D eigenvalue weighted by molar-refractivity contribution is 5.69. The first-order chi connectivity index (χ1) is 6.09. The molecule has 0 saturated heterocycles. The average molecular weight is 182 g/mol. The van der Waals surface area contributed by atoms with Gasteiger partial charge in [0.05, 0.1) is 5.92 Å². The third-order valence-corrected chi connectivity index (χ3v) is 1.85. The lowest BCUT2D eigenvalue weighted by Crippen LogP contribution is -2.12. The Bertz CT molecular complexity index is 310. The molecule has 0 aliphatic carbocycles. The zero-order chi connectivity index (χ0) is 9.84. The smallest absolute Gasteiger partial charge is 0.306 e. The number of carboxylic acid groups (broad SMARTS) is 1. The topological polar surface area (TPSA) is 37.3 Å². The highest BCUT2D eigenvalue weighted by atomic mass is 19.1. The maximum Gasteiger partial charge on any atom is 0.306 e. The number of carboxylic acids is 1. The van der Waals surface area contributed by atoms with Crippen molar-refractivity contribution >= 4 is 5.97 Å². The third kappa shape index (κ3) is 2.86. The molecule has 0 bridgehead atoms. The summed E-state index contributed by atoms with van der Waals surface area (Å²) in [6.07, 6.45) is 0.368. The third-order valence-electron chi connectivity index (χ3n) is 1.85. The lowest BCUT2D eigenvalue weighted by molar-refractivity contribution is -0.141. The second-order valence-corrected chi connectivity index (χ2v) is 3.07. The summed E-state index contributed by atoms with van der Waals surface area (Å²) in [4.78, 5) is 10.5. The quantitative estimate of drug-likeness (QED) is 0.777. The molecular formula is C10H11FO2. The van der Waals surface area contributed by atoms with E-state index in [-0.39, 0.29) is 5.82 Å². The molecule has 0 heterocycles. The molecule has 0 spiro atoms. The van der Waals surface area contributed by atoms with Crippen LogP contribution in [0.25, 0.3) is 0 Å². The van der Waals surface area contributed by atoms with Crippen LogP contribution in [0.15, 0.2) is 24.3 Å². The van der Waals surface area contributed by atoms with E-state index in [2.05, 4.69) is 0 Å². The molecule has 0 aliphatic heterocycles. The van der Waals surface area contributed by atoms with Crippen LogP contribution in [0.1, 0.15) is 12.5 Å². The van der Waals surface area contributed by atoms with E-state index in [9.17, 15) is 9.18 Å². The van der Waals surface area contributed by atoms with E-state index >= 15 is 0 Å². The Morgan fingerprint density at radius 2 is 2.31 bits per heavy atom. The maximum atomic E-state index is 12.7. The molecule has 1 N–H and O–H groups in total. The molecule has 1 atom stereocenters. The molecule has 0 aliphatic rings. The number of benzene rings is 1. The van der Waals surface area contributed by atoms with Gasteiger partial charge in [-0.2, -0.15) is 0 Å². The fraction of sp³-hybridized carbons (Fsp3) is 0.300. The van der Waals surface area contributed by atoms with Gasteiger partial charge in [0.1, 0.15) is 5.82 Å². The second-order valence-electron chi connectivity index (χ2n) is 3.07. The van der Waals surface area contributed by atoms with Crippen LogP contribution >= 0.6 is 0 Å². The van der Waals surface area contributed by atoms with Crippen molar-refractivity contribution in [2.24, 2.45) is 5.92 Å². The Morgan fingerprint density at radius 3 is 2.85 bits per heavy atom. The zero-order valence-corrected chi connectivity index (χ0v) is 7.33. The summed E-state index contributed by atoms with van der Waals surface area (Å²) in [5.74, 6) is -1.65. The molecule has 1 rings (SSSR count). The first-order valence-corrected chi connectivity index (χ1v) is 4.07. The van der Waals surface area contributed by atoms with Gasteiger partial charge in [0.2, 0.25) is 0 Å². The van der Waals surface area contributed by atoms with Gasteiger partial charge in [-0.15, -0.1) is 0 Å². The van der Waals surface area contributed by atoms with Gasteiger partial charge in [-0.1, -0.05) is 19.1 Å². The van der Waals surface area contributed by atoms with Crippen LogP contribution in [0.3, 0.4) is 0 Å². The van der Waals surface area contributed by atoms with Crippen molar-refractivity contribution in [2.75, 3.05) is 0 Å². The standard InChI is InChI=1S/C10H11FO2/c1-7(10(12)13)5-8-3-2-4-9(11)6-8/h2-4,6-7H,5H2,1H3,(H,12,13)/t7-/m1/s1. The number of hydrogen-bond donors (Lipinski definition) is 1. The number of hydrogen-bond acceptors (Lipinski definition) is 1. The number of rotatable bonds is 3. The Labute approximate surface area is 76.0 Å². The van der Waals surface area contributed by atoms with Gasteiger partial charge >= 0.3 is 5.97 Å². The summed E-state index contributed by atoms with van der Waals surface area (Å²) in [6, 6.07) is 6.01. The lowest BCUT2D eigenvalue weighted by atomic mass is 10.0. The van der Waals surface area contributed by atoms with Crippen LogP contribution in [0.2, 0.25) is 0 Å². The van der Waals surface area contributed by atoms with Gasteiger partial charge < -0.3 is 5.11 Å². The number of halogens is 1. The maximum absolute atomic E-state index is 12.7. The monoisotopic (exact) mass is 182 g/mol. The summed E-state index contributed by atoms with van der Waals surface area (Å²) in [5.41, 5.74) is 0.718. The first-order valence-electron chi connectivity index (χ1n) is 4.07. The van der Waals surface area contributed by atoms with E-state index in [1.54, 1.807) is 19.1 Å². The van der Waals surface area contributed by atoms with Crippen molar-refractivity contribution in [3.05, 3.63) is 35.6 Å². The lowest BCUT2D eigenvalue weighted by Gasteiger charge is -2.05. The fourth-order valence-electron chi connectivity index (χ4n) is 1.10. The Hall–Kier alpha value is -1.38. The predicted octanol–water partition coefficient (Wildman–Crippen LogP) is 2.09. The molecule has 0 radical (unpaired) electrons. The zero-order valence-electron chi connectivity index (χ0n) is 7.33. The molecule has 70 valence electrons. The van der Waals surface area contributed by atoms with E-state index in [4.69, 9.17) is 5.11 Å². The molecule has 0 saturated carbocycles. The van der Waals surface area contributed by atoms with Crippen LogP contribution in [0.5, 0.6) is 0 Å². The Kier molecular flexibility index (Phi) is 3.01.